The van der Waals surface area contributed by atoms with Gasteiger partial charge in [0.2, 0.25) is 0 Å². The zero-order valence-electron chi connectivity index (χ0n) is 16.2. The highest BCUT2D eigenvalue weighted by Crippen LogP contribution is 2.32. The van der Waals surface area contributed by atoms with Gasteiger partial charge in [-0.1, -0.05) is 23.9 Å². The van der Waals surface area contributed by atoms with E-state index in [1.165, 1.54) is 6.07 Å². The molecule has 3 heterocycles. The molecule has 0 aliphatic carbocycles. The van der Waals surface area contributed by atoms with E-state index in [-0.39, 0.29) is 11.2 Å². The molecule has 4 aromatic rings. The second-order valence-electron chi connectivity index (χ2n) is 7.15. The summed E-state index contributed by atoms with van der Waals surface area (Å²) in [4.78, 5) is 29.0. The second-order valence-corrected chi connectivity index (χ2v) is 8.21. The van der Waals surface area contributed by atoms with Crippen LogP contribution in [0.2, 0.25) is 0 Å². The van der Waals surface area contributed by atoms with E-state index >= 15 is 0 Å². The van der Waals surface area contributed by atoms with Gasteiger partial charge in [-0.25, -0.2) is 4.98 Å². The first-order chi connectivity index (χ1) is 14.6. The van der Waals surface area contributed by atoms with Crippen molar-refractivity contribution in [1.29, 1.82) is 0 Å². The molecule has 0 fully saturated rings. The van der Waals surface area contributed by atoms with Crippen LogP contribution < -0.4 is 10.3 Å². The molecule has 1 aliphatic rings. The minimum absolute atomic E-state index is 0.0264. The number of fused-ring (bicyclic) bond motifs is 4. The highest BCUT2D eigenvalue weighted by Gasteiger charge is 2.22. The quantitative estimate of drug-likeness (QED) is 0.282. The first-order valence-corrected chi connectivity index (χ1v) is 10.5. The van der Waals surface area contributed by atoms with Crippen LogP contribution in [-0.2, 0) is 13.1 Å². The van der Waals surface area contributed by atoms with Crippen LogP contribution >= 0.6 is 11.8 Å². The zero-order chi connectivity index (χ0) is 20.8. The maximum absolute atomic E-state index is 13.4. The van der Waals surface area contributed by atoms with Gasteiger partial charge in [-0.05, 0) is 30.2 Å². The smallest absolute Gasteiger partial charge is 0.278 e. The third-order valence-corrected chi connectivity index (χ3v) is 6.41. The molecular formula is C21H18N4O4S. The molecule has 2 aromatic heterocycles. The Morgan fingerprint density at radius 3 is 2.93 bits per heavy atom. The standard InChI is InChI=1S/C21H18N4O4S/c1-29-15-6-7-17-16(11-15)18-19(20(26)23-8-3-9-30-21(23)22-18)24(17)12-13-4-2-5-14(10-13)25(27)28/h2,4-7,10-11H,3,8-9,12H2,1H3. The Balaban J connectivity index is 1.80. The average Bonchev–Trinajstić information content (AvgIpc) is 3.07. The van der Waals surface area contributed by atoms with Gasteiger partial charge in [0, 0.05) is 36.4 Å². The van der Waals surface area contributed by atoms with Crippen molar-refractivity contribution < 1.29 is 9.66 Å². The summed E-state index contributed by atoms with van der Waals surface area (Å²) in [6.07, 6.45) is 0.920. The van der Waals surface area contributed by atoms with Crippen LogP contribution in [0.5, 0.6) is 5.75 Å². The Kier molecular flexibility index (Phi) is 4.47. The van der Waals surface area contributed by atoms with Crippen LogP contribution in [-0.4, -0.2) is 31.9 Å². The summed E-state index contributed by atoms with van der Waals surface area (Å²) in [6, 6.07) is 12.1. The topological polar surface area (TPSA) is 92.2 Å². The highest BCUT2D eigenvalue weighted by molar-refractivity contribution is 7.99. The molecule has 0 atom stereocenters. The monoisotopic (exact) mass is 422 g/mol. The molecule has 5 rings (SSSR count). The molecule has 0 spiro atoms. The van der Waals surface area contributed by atoms with E-state index in [1.807, 2.05) is 28.8 Å². The normalized spacial score (nSPS) is 13.5. The number of hydrogen-bond acceptors (Lipinski definition) is 6. The number of methoxy groups -OCH3 is 1. The number of benzene rings is 2. The van der Waals surface area contributed by atoms with E-state index < -0.39 is 4.92 Å². The van der Waals surface area contributed by atoms with Crippen molar-refractivity contribution in [3.05, 3.63) is 68.5 Å². The van der Waals surface area contributed by atoms with E-state index in [0.717, 1.165) is 33.8 Å². The van der Waals surface area contributed by atoms with Crippen molar-refractivity contribution in [2.24, 2.45) is 0 Å². The SMILES string of the molecule is COc1ccc2c(c1)c1nc3n(c(=O)c1n2Cc1cccc([N+](=O)[O-])c1)CCCS3. The number of thioether (sulfide) groups is 1. The van der Waals surface area contributed by atoms with Crippen LogP contribution in [0.4, 0.5) is 5.69 Å². The van der Waals surface area contributed by atoms with Crippen molar-refractivity contribution in [2.45, 2.75) is 24.7 Å². The van der Waals surface area contributed by atoms with Crippen LogP contribution in [0.25, 0.3) is 21.9 Å². The van der Waals surface area contributed by atoms with Gasteiger partial charge in [-0.2, -0.15) is 0 Å². The summed E-state index contributed by atoms with van der Waals surface area (Å²) < 4.78 is 9.02. The van der Waals surface area contributed by atoms with Crippen molar-refractivity contribution >= 4 is 39.4 Å². The number of nitro benzene ring substituents is 1. The van der Waals surface area contributed by atoms with Crippen molar-refractivity contribution in [3.63, 3.8) is 0 Å². The number of rotatable bonds is 4. The number of nitrogens with zero attached hydrogens (tertiary/aromatic N) is 4. The lowest BCUT2D eigenvalue weighted by atomic mass is 10.2. The van der Waals surface area contributed by atoms with Crippen molar-refractivity contribution in [2.75, 3.05) is 12.9 Å². The van der Waals surface area contributed by atoms with Crippen LogP contribution in [0.15, 0.2) is 52.4 Å². The molecule has 0 radical (unpaired) electrons. The maximum Gasteiger partial charge on any atom is 0.278 e. The third-order valence-electron chi connectivity index (χ3n) is 5.35. The molecule has 1 aliphatic heterocycles. The van der Waals surface area contributed by atoms with Crippen LogP contribution in [0.3, 0.4) is 0 Å². The number of aromatic nitrogens is 3. The molecule has 0 unspecified atom stereocenters. The van der Waals surface area contributed by atoms with Gasteiger partial charge < -0.3 is 9.30 Å². The van der Waals surface area contributed by atoms with Crippen LogP contribution in [0, 0.1) is 10.1 Å². The summed E-state index contributed by atoms with van der Waals surface area (Å²) in [5, 5.41) is 12.8. The third kappa shape index (κ3) is 2.93. The lowest BCUT2D eigenvalue weighted by Crippen LogP contribution is -2.27. The van der Waals surface area contributed by atoms with Crippen LogP contribution in [0.1, 0.15) is 12.0 Å². The van der Waals surface area contributed by atoms with E-state index in [2.05, 4.69) is 0 Å². The van der Waals surface area contributed by atoms with E-state index in [0.29, 0.717) is 29.9 Å². The molecule has 152 valence electrons. The summed E-state index contributed by atoms with van der Waals surface area (Å²) in [5.74, 6) is 1.62. The molecule has 0 bridgehead atoms. The summed E-state index contributed by atoms with van der Waals surface area (Å²) >= 11 is 1.59. The summed E-state index contributed by atoms with van der Waals surface area (Å²) in [5.41, 5.74) is 2.68. The summed E-state index contributed by atoms with van der Waals surface area (Å²) in [7, 11) is 1.60. The number of hydrogen-bond donors (Lipinski definition) is 0. The van der Waals surface area contributed by atoms with Gasteiger partial charge >= 0.3 is 0 Å². The van der Waals surface area contributed by atoms with Gasteiger partial charge in [-0.15, -0.1) is 0 Å². The van der Waals surface area contributed by atoms with Gasteiger partial charge in [0.25, 0.3) is 11.2 Å². The maximum atomic E-state index is 13.4. The number of non-ortho nitro benzene ring substituents is 1. The van der Waals surface area contributed by atoms with Gasteiger partial charge in [0.15, 0.2) is 5.16 Å². The predicted octanol–water partition coefficient (Wildman–Crippen LogP) is 3.81. The fraction of sp³-hybridized carbons (Fsp3) is 0.238. The van der Waals surface area contributed by atoms with Gasteiger partial charge in [-0.3, -0.25) is 19.5 Å². The summed E-state index contributed by atoms with van der Waals surface area (Å²) in [6.45, 7) is 0.975. The predicted molar refractivity (Wildman–Crippen MR) is 116 cm³/mol. The lowest BCUT2D eigenvalue weighted by molar-refractivity contribution is -0.384. The Labute approximate surface area is 175 Å². The Morgan fingerprint density at radius 2 is 2.13 bits per heavy atom. The first kappa shape index (κ1) is 18.7. The zero-order valence-corrected chi connectivity index (χ0v) is 17.0. The fourth-order valence-corrected chi connectivity index (χ4v) is 4.89. The molecular weight excluding hydrogens is 404 g/mol. The van der Waals surface area contributed by atoms with E-state index in [1.54, 1.807) is 35.6 Å². The molecule has 0 amide bonds. The second kappa shape index (κ2) is 7.17. The van der Waals surface area contributed by atoms with E-state index in [9.17, 15) is 14.9 Å². The molecule has 0 N–H and O–H groups in total. The highest BCUT2D eigenvalue weighted by atomic mass is 32.2. The minimum atomic E-state index is -0.412. The molecule has 9 heteroatoms. The average molecular weight is 422 g/mol. The Hall–Kier alpha value is -3.33. The lowest BCUT2D eigenvalue weighted by Gasteiger charge is -2.17. The first-order valence-electron chi connectivity index (χ1n) is 9.54. The molecule has 0 saturated heterocycles. The minimum Gasteiger partial charge on any atom is -0.497 e. The number of nitro groups is 1. The largest absolute Gasteiger partial charge is 0.497 e. The Morgan fingerprint density at radius 1 is 1.27 bits per heavy atom. The van der Waals surface area contributed by atoms with E-state index in [4.69, 9.17) is 9.72 Å². The van der Waals surface area contributed by atoms with Gasteiger partial charge in [0.1, 0.15) is 16.8 Å². The fourth-order valence-electron chi connectivity index (χ4n) is 3.95. The number of ether oxygens (including phenoxy) is 1. The van der Waals surface area contributed by atoms with Crippen molar-refractivity contribution in [3.8, 4) is 5.75 Å². The van der Waals surface area contributed by atoms with Gasteiger partial charge in [0.05, 0.1) is 17.5 Å². The van der Waals surface area contributed by atoms with Crippen molar-refractivity contribution in [1.82, 2.24) is 14.1 Å². The molecule has 30 heavy (non-hydrogen) atoms. The molecule has 0 saturated carbocycles. The Bertz CT molecular complexity index is 1380. The molecule has 2 aromatic carbocycles. The molecule has 8 nitrogen and oxygen atoms in total.